The fourth-order valence-corrected chi connectivity index (χ4v) is 18.1. The Morgan fingerprint density at radius 2 is 0.414 bits per heavy atom. The molecule has 0 radical (unpaired) electrons. The first kappa shape index (κ1) is 36.1. The second-order valence-electron chi connectivity index (χ2n) is 13.7. The van der Waals surface area contributed by atoms with Gasteiger partial charge in [-0.3, -0.25) is 0 Å². The molecule has 0 aliphatic heterocycles. The van der Waals surface area contributed by atoms with Gasteiger partial charge in [0.05, 0.1) is 0 Å². The van der Waals surface area contributed by atoms with Crippen molar-refractivity contribution in [1.29, 1.82) is 0 Å². The summed E-state index contributed by atoms with van der Waals surface area (Å²) in [5.41, 5.74) is 0. The van der Waals surface area contributed by atoms with Gasteiger partial charge in [0.25, 0.3) is 0 Å². The zero-order chi connectivity index (χ0) is 24.9. The first-order valence-electron chi connectivity index (χ1n) is 10.6. The van der Waals surface area contributed by atoms with Gasteiger partial charge >= 0.3 is 40.8 Å². The van der Waals surface area contributed by atoms with E-state index in [-0.39, 0.29) is 15.8 Å². The van der Waals surface area contributed by atoms with Gasteiger partial charge in [-0.25, -0.2) is 0 Å². The molecule has 5 heteroatoms. The van der Waals surface area contributed by atoms with Crippen LogP contribution in [0.5, 0.6) is 0 Å². The average Bonchev–Trinajstić information content (AvgIpc) is 2.14. The summed E-state index contributed by atoms with van der Waals surface area (Å²) in [7, 11) is 0.0324. The van der Waals surface area contributed by atoms with Crippen molar-refractivity contribution in [3.63, 3.8) is 0 Å². The molecule has 0 rings (SSSR count). The Hall–Kier alpha value is 2.48. The standard InChI is InChI=1S/2C12H27P.2BrH.Pd/c2*1-10(2,3)13(11(4,5)6)12(7,8)9;;;/h2*1-9H3;2*1H;/q;;;;+2/p-2. The fourth-order valence-electron chi connectivity index (χ4n) is 6.04. The molecule has 0 aliphatic carbocycles. The SMILES string of the molecule is CC(C)(C)P(C(C)(C)C)C(C)(C)C.CC(C)(C)P(C(C)(C)C)C(C)(C)C.[Br][Pd][Br]. The Morgan fingerprint density at radius 3 is 0.414 bits per heavy atom. The third-order valence-electron chi connectivity index (χ3n) is 4.02. The first-order chi connectivity index (χ1) is 12.1. The molecule has 0 aliphatic rings. The predicted molar refractivity (Wildman–Crippen MR) is 150 cm³/mol. The molecule has 0 aromatic carbocycles. The molecule has 0 nitrogen and oxygen atoms in total. The van der Waals surface area contributed by atoms with Crippen molar-refractivity contribution >= 4 is 42.7 Å². The average molecular weight is 671 g/mol. The molecule has 0 saturated heterocycles. The Labute approximate surface area is 210 Å². The van der Waals surface area contributed by atoms with Gasteiger partial charge in [0.1, 0.15) is 0 Å². The van der Waals surface area contributed by atoms with Crippen LogP contribution in [0.3, 0.4) is 0 Å². The molecule has 0 bridgehead atoms. The fraction of sp³-hybridized carbons (Fsp3) is 1.00. The van der Waals surface area contributed by atoms with Crippen molar-refractivity contribution in [2.24, 2.45) is 0 Å². The summed E-state index contributed by atoms with van der Waals surface area (Å²) >= 11 is 6.80. The minimum atomic E-state index is 0.0162. The van der Waals surface area contributed by atoms with Crippen molar-refractivity contribution < 1.29 is 13.9 Å². The number of rotatable bonds is 0. The van der Waals surface area contributed by atoms with Gasteiger partial charge in [0.15, 0.2) is 0 Å². The van der Waals surface area contributed by atoms with Gasteiger partial charge in [0.2, 0.25) is 0 Å². The number of hydrogen-bond acceptors (Lipinski definition) is 0. The van der Waals surface area contributed by atoms with E-state index in [1.165, 1.54) is 0 Å². The van der Waals surface area contributed by atoms with E-state index in [2.05, 4.69) is 151 Å². The predicted octanol–water partition coefficient (Wildman–Crippen LogP) is 11.4. The van der Waals surface area contributed by atoms with Crippen LogP contribution in [0.4, 0.5) is 0 Å². The second kappa shape index (κ2) is 12.8. The molecule has 0 atom stereocenters. The van der Waals surface area contributed by atoms with Crippen LogP contribution in [0, 0.1) is 0 Å². The maximum absolute atomic E-state index is 3.11. The minimum absolute atomic E-state index is 0.0162. The maximum atomic E-state index is 3.11. The summed E-state index contributed by atoms with van der Waals surface area (Å²) in [6.07, 6.45) is 0. The van der Waals surface area contributed by atoms with E-state index in [9.17, 15) is 0 Å². The van der Waals surface area contributed by atoms with E-state index in [4.69, 9.17) is 0 Å². The summed E-state index contributed by atoms with van der Waals surface area (Å²) in [5, 5.41) is 2.70. The molecule has 0 spiro atoms. The molecule has 0 aromatic rings. The molecule has 29 heavy (non-hydrogen) atoms. The van der Waals surface area contributed by atoms with E-state index >= 15 is 0 Å². The van der Waals surface area contributed by atoms with Gasteiger partial charge in [0, 0.05) is 0 Å². The summed E-state index contributed by atoms with van der Waals surface area (Å²) in [6, 6.07) is 0. The van der Waals surface area contributed by atoms with E-state index in [0.29, 0.717) is 44.9 Å². The van der Waals surface area contributed by atoms with E-state index in [1.54, 1.807) is 0 Å². The van der Waals surface area contributed by atoms with Gasteiger partial charge in [-0.1, -0.05) is 140 Å². The van der Waals surface area contributed by atoms with Gasteiger partial charge in [-0.2, -0.15) is 0 Å². The molecular formula is C24H54Br2P2Pd. The van der Waals surface area contributed by atoms with Crippen LogP contribution in [-0.2, 0) is 13.9 Å². The third kappa shape index (κ3) is 16.7. The topological polar surface area (TPSA) is 0 Å². The van der Waals surface area contributed by atoms with E-state index in [1.807, 2.05) is 0 Å². The molecule has 0 N–H and O–H groups in total. The van der Waals surface area contributed by atoms with Crippen molar-refractivity contribution in [3.8, 4) is 0 Å². The van der Waals surface area contributed by atoms with Crippen molar-refractivity contribution in [2.45, 2.75) is 156 Å². The van der Waals surface area contributed by atoms with Crippen LogP contribution < -0.4 is 0 Å². The van der Waals surface area contributed by atoms with Gasteiger partial charge in [-0.05, 0) is 30.9 Å². The van der Waals surface area contributed by atoms with Crippen LogP contribution in [0.15, 0.2) is 0 Å². The Balaban J connectivity index is -0.000000410. The third-order valence-corrected chi connectivity index (χ3v) is 12.1. The first-order valence-corrected chi connectivity index (χ1v) is 20.4. The van der Waals surface area contributed by atoms with Gasteiger partial charge in [-0.15, -0.1) is 0 Å². The van der Waals surface area contributed by atoms with Crippen molar-refractivity contribution in [3.05, 3.63) is 0 Å². The zero-order valence-electron chi connectivity index (χ0n) is 23.0. The monoisotopic (exact) mass is 668 g/mol. The van der Waals surface area contributed by atoms with Crippen LogP contribution in [0.2, 0.25) is 0 Å². The quantitative estimate of drug-likeness (QED) is 0.178. The normalized spacial score (nSPS) is 14.4. The van der Waals surface area contributed by atoms with Crippen molar-refractivity contribution in [2.75, 3.05) is 0 Å². The van der Waals surface area contributed by atoms with Gasteiger partial charge < -0.3 is 0 Å². The molecule has 0 heterocycles. The summed E-state index contributed by atoms with van der Waals surface area (Å²) in [4.78, 5) is 0. The Morgan fingerprint density at radius 1 is 0.345 bits per heavy atom. The Kier molecular flexibility index (Phi) is 15.9. The van der Waals surface area contributed by atoms with Crippen LogP contribution in [0.25, 0.3) is 0 Å². The summed E-state index contributed by atoms with van der Waals surface area (Å²) in [6.45, 7) is 42.9. The van der Waals surface area contributed by atoms with Crippen LogP contribution >= 0.6 is 42.7 Å². The van der Waals surface area contributed by atoms with Crippen LogP contribution in [-0.4, -0.2) is 30.9 Å². The number of halogens is 2. The second-order valence-corrected chi connectivity index (χ2v) is 30.3. The molecule has 0 saturated carbocycles. The number of hydrogen-bond donors (Lipinski definition) is 0. The molecule has 0 fully saturated rings. The molecule has 0 amide bonds. The van der Waals surface area contributed by atoms with Crippen molar-refractivity contribution in [1.82, 2.24) is 0 Å². The zero-order valence-corrected chi connectivity index (χ0v) is 29.5. The Bertz CT molecular complexity index is 328. The molecule has 0 unspecified atom stereocenters. The summed E-state index contributed by atoms with van der Waals surface area (Å²) < 4.78 is 0. The van der Waals surface area contributed by atoms with E-state index < -0.39 is 0 Å². The summed E-state index contributed by atoms with van der Waals surface area (Å²) in [5.74, 6) is 0. The van der Waals surface area contributed by atoms with Crippen LogP contribution in [0.1, 0.15) is 125 Å². The molecule has 0 aromatic heterocycles. The molecule has 184 valence electrons. The molecular weight excluding hydrogens is 616 g/mol. The van der Waals surface area contributed by atoms with E-state index in [0.717, 1.165) is 0 Å².